The second kappa shape index (κ2) is 17.1. The Morgan fingerprint density at radius 1 is 1.00 bits per heavy atom. The maximum absolute atomic E-state index is 0. The minimum atomic E-state index is 0. The van der Waals surface area contributed by atoms with Gasteiger partial charge in [0.1, 0.15) is 0 Å². The van der Waals surface area contributed by atoms with Gasteiger partial charge in [-0.3, -0.25) is 0 Å². The van der Waals surface area contributed by atoms with E-state index in [1.54, 1.807) is 0 Å². The first kappa shape index (κ1) is 29.4. The van der Waals surface area contributed by atoms with Crippen LogP contribution >= 0.6 is 24.8 Å². The Kier molecular flexibility index (Phi) is 126. The predicted molar refractivity (Wildman–Crippen MR) is 31.0 cm³/mol. The molecule has 0 aromatic carbocycles. The van der Waals surface area contributed by atoms with Crippen LogP contribution in [0.3, 0.4) is 0 Å². The molecule has 0 fully saturated rings. The molecule has 0 N–H and O–H groups in total. The average Bonchev–Trinajstić information content (AvgIpc) is 0. The SMILES string of the molecule is Cl.Cl.[Ca+2].[H-].[H-].[PbH2]. The van der Waals surface area contributed by atoms with Crippen LogP contribution in [0.25, 0.3) is 0 Å². The van der Waals surface area contributed by atoms with E-state index in [1.807, 2.05) is 0 Å². The number of halogens is 2. The molecule has 0 aromatic rings. The summed E-state index contributed by atoms with van der Waals surface area (Å²) in [6.07, 6.45) is 0. The van der Waals surface area contributed by atoms with Crippen molar-refractivity contribution in [1.82, 2.24) is 0 Å². The molecule has 0 aliphatic rings. The summed E-state index contributed by atoms with van der Waals surface area (Å²) in [5.41, 5.74) is 0. The Morgan fingerprint density at radius 2 is 1.00 bits per heavy atom. The zero-order valence-electron chi connectivity index (χ0n) is 4.23. The van der Waals surface area contributed by atoms with Crippen LogP contribution in [-0.4, -0.2) is 65.0 Å². The number of hydrogen-bond acceptors (Lipinski definition) is 0. The molecular weight excluding hydrogens is 318 g/mol. The molecule has 26 valence electrons. The Bertz CT molecular complexity index is 11.5. The summed E-state index contributed by atoms with van der Waals surface area (Å²) in [5, 5.41) is 0. The molecule has 0 aliphatic carbocycles. The van der Waals surface area contributed by atoms with E-state index in [1.165, 1.54) is 0 Å². The van der Waals surface area contributed by atoms with Gasteiger partial charge in [0.05, 0.1) is 0 Å². The zero-order chi connectivity index (χ0) is 0. The molecule has 4 heavy (non-hydrogen) atoms. The Hall–Kier alpha value is 2.76. The molecule has 0 aliphatic heterocycles. The van der Waals surface area contributed by atoms with Crippen LogP contribution in [0.4, 0.5) is 0 Å². The monoisotopic (exact) mass is 324 g/mol. The van der Waals surface area contributed by atoms with Crippen LogP contribution in [0.2, 0.25) is 0 Å². The van der Waals surface area contributed by atoms with Crippen molar-refractivity contribution in [1.29, 1.82) is 0 Å². The van der Waals surface area contributed by atoms with Gasteiger partial charge in [0.25, 0.3) is 0 Å². The average molecular weight is 324 g/mol. The van der Waals surface area contributed by atoms with E-state index < -0.39 is 0 Å². The van der Waals surface area contributed by atoms with Gasteiger partial charge >= 0.3 is 65.0 Å². The standard InChI is InChI=1S/Ca.2ClH.Pb.4H/h;2*1H;;;;;/q+2;;;;;;2*-1. The van der Waals surface area contributed by atoms with Gasteiger partial charge in [-0.05, 0) is 0 Å². The van der Waals surface area contributed by atoms with E-state index in [4.69, 9.17) is 0 Å². The molecule has 0 rings (SSSR count). The Balaban J connectivity index is 0. The van der Waals surface area contributed by atoms with E-state index in [0.29, 0.717) is 0 Å². The third-order valence-corrected chi connectivity index (χ3v) is 0. The van der Waals surface area contributed by atoms with Crippen molar-refractivity contribution in [3.63, 3.8) is 0 Å². The van der Waals surface area contributed by atoms with Gasteiger partial charge in [0, 0.05) is 0 Å². The van der Waals surface area contributed by atoms with Crippen molar-refractivity contribution < 1.29 is 2.85 Å². The van der Waals surface area contributed by atoms with Crippen molar-refractivity contribution >= 4 is 89.9 Å². The van der Waals surface area contributed by atoms with E-state index in [9.17, 15) is 0 Å². The molecule has 2 radical (unpaired) electrons. The normalized spacial score (nSPS) is 0. The second-order valence-electron chi connectivity index (χ2n) is 0. The van der Waals surface area contributed by atoms with Gasteiger partial charge in [-0.15, -0.1) is 24.8 Å². The predicted octanol–water partition coefficient (Wildman–Crippen LogP) is -0.228. The maximum atomic E-state index is 0. The molecule has 0 bridgehead atoms. The first-order chi connectivity index (χ1) is 0. The van der Waals surface area contributed by atoms with E-state index in [0.717, 1.165) is 0 Å². The van der Waals surface area contributed by atoms with Crippen LogP contribution in [0.1, 0.15) is 2.85 Å². The van der Waals surface area contributed by atoms with Crippen LogP contribution < -0.4 is 0 Å². The first-order valence-corrected chi connectivity index (χ1v) is 0. The third kappa shape index (κ3) is 8.83. The molecule has 0 saturated heterocycles. The summed E-state index contributed by atoms with van der Waals surface area (Å²) in [6, 6.07) is 0. The van der Waals surface area contributed by atoms with Gasteiger partial charge < -0.3 is 2.85 Å². The van der Waals surface area contributed by atoms with Gasteiger partial charge in [-0.2, -0.15) is 0 Å². The molecule has 0 aromatic heterocycles. The van der Waals surface area contributed by atoms with Crippen molar-refractivity contribution in [3.05, 3.63) is 0 Å². The molecule has 0 unspecified atom stereocenters. The van der Waals surface area contributed by atoms with Crippen LogP contribution in [-0.2, 0) is 0 Å². The summed E-state index contributed by atoms with van der Waals surface area (Å²) in [4.78, 5) is 0. The van der Waals surface area contributed by atoms with Gasteiger partial charge in [-0.25, -0.2) is 0 Å². The topological polar surface area (TPSA) is 0 Å². The summed E-state index contributed by atoms with van der Waals surface area (Å²) < 4.78 is 0. The van der Waals surface area contributed by atoms with Crippen LogP contribution in [0, 0.1) is 0 Å². The second-order valence-corrected chi connectivity index (χ2v) is 0. The molecule has 0 spiro atoms. The molecule has 0 amide bonds. The summed E-state index contributed by atoms with van der Waals surface area (Å²) in [7, 11) is 0. The quantitative estimate of drug-likeness (QED) is 0.540. The van der Waals surface area contributed by atoms with Crippen molar-refractivity contribution in [2.45, 2.75) is 0 Å². The van der Waals surface area contributed by atoms with E-state index in [2.05, 4.69) is 0 Å². The van der Waals surface area contributed by atoms with Gasteiger partial charge in [0.15, 0.2) is 0 Å². The fourth-order valence-electron chi connectivity index (χ4n) is 0. The first-order valence-electron chi connectivity index (χ1n) is 0. The molecule has 0 heterocycles. The van der Waals surface area contributed by atoms with Crippen molar-refractivity contribution in [3.8, 4) is 0 Å². The molecular formula is H6CaCl2Pb. The molecule has 0 nitrogen and oxygen atoms in total. The van der Waals surface area contributed by atoms with Crippen LogP contribution in [0.5, 0.6) is 0 Å². The minimum absolute atomic E-state index is 0. The molecule has 4 heteroatoms. The van der Waals surface area contributed by atoms with Crippen LogP contribution in [0.15, 0.2) is 0 Å². The molecule has 0 atom stereocenters. The zero-order valence-corrected chi connectivity index (χ0v) is 11.6. The van der Waals surface area contributed by atoms with E-state index in [-0.39, 0.29) is 92.7 Å². The number of rotatable bonds is 0. The molecule has 0 saturated carbocycles. The van der Waals surface area contributed by atoms with Crippen molar-refractivity contribution in [2.24, 2.45) is 0 Å². The summed E-state index contributed by atoms with van der Waals surface area (Å²) in [6.45, 7) is 0. The summed E-state index contributed by atoms with van der Waals surface area (Å²) >= 11 is 0. The van der Waals surface area contributed by atoms with Gasteiger partial charge in [0.2, 0.25) is 0 Å². The Morgan fingerprint density at radius 3 is 1.00 bits per heavy atom. The summed E-state index contributed by atoms with van der Waals surface area (Å²) in [5.74, 6) is 0. The van der Waals surface area contributed by atoms with E-state index >= 15 is 0 Å². The number of hydrogen-bond donors (Lipinski definition) is 0. The van der Waals surface area contributed by atoms with Crippen molar-refractivity contribution in [2.75, 3.05) is 0 Å². The Labute approximate surface area is 91.0 Å². The van der Waals surface area contributed by atoms with Gasteiger partial charge in [-0.1, -0.05) is 0 Å². The fourth-order valence-corrected chi connectivity index (χ4v) is 0. The fraction of sp³-hybridized carbons (Fsp3) is 0. The third-order valence-electron chi connectivity index (χ3n) is 0.